The Bertz CT molecular complexity index is 1010. The van der Waals surface area contributed by atoms with Crippen molar-refractivity contribution in [2.75, 3.05) is 23.3 Å². The van der Waals surface area contributed by atoms with Gasteiger partial charge in [-0.15, -0.1) is 5.10 Å². The van der Waals surface area contributed by atoms with Crippen molar-refractivity contribution in [1.29, 1.82) is 0 Å². The van der Waals surface area contributed by atoms with Crippen LogP contribution >= 0.6 is 0 Å². The molecule has 0 atom stereocenters. The number of aromatic nitrogens is 3. The van der Waals surface area contributed by atoms with Gasteiger partial charge in [-0.05, 0) is 42.7 Å². The quantitative estimate of drug-likeness (QED) is 0.656. The highest BCUT2D eigenvalue weighted by Crippen LogP contribution is 2.24. The van der Waals surface area contributed by atoms with E-state index in [1.807, 2.05) is 54.6 Å². The van der Waals surface area contributed by atoms with Crippen LogP contribution in [0, 0.1) is 5.92 Å². The Balaban J connectivity index is 1.33. The highest BCUT2D eigenvalue weighted by Gasteiger charge is 2.23. The zero-order valence-corrected chi connectivity index (χ0v) is 16.6. The Morgan fingerprint density at radius 3 is 2.40 bits per heavy atom. The molecule has 1 fully saturated rings. The summed E-state index contributed by atoms with van der Waals surface area (Å²) in [6.45, 7) is 2.15. The van der Waals surface area contributed by atoms with E-state index < -0.39 is 0 Å². The minimum Gasteiger partial charge on any atom is -0.371 e. The van der Waals surface area contributed by atoms with E-state index in [9.17, 15) is 9.59 Å². The molecule has 30 heavy (non-hydrogen) atoms. The van der Waals surface area contributed by atoms with Gasteiger partial charge < -0.3 is 16.0 Å². The lowest BCUT2D eigenvalue weighted by atomic mass is 9.96. The maximum atomic E-state index is 12.5. The van der Waals surface area contributed by atoms with E-state index >= 15 is 0 Å². The fourth-order valence-electron chi connectivity index (χ4n) is 3.62. The number of anilines is 2. The van der Waals surface area contributed by atoms with Gasteiger partial charge in [-0.25, -0.2) is 4.68 Å². The third-order valence-corrected chi connectivity index (χ3v) is 5.35. The monoisotopic (exact) mass is 404 g/mol. The van der Waals surface area contributed by atoms with Gasteiger partial charge in [0.1, 0.15) is 0 Å². The molecule has 1 aliphatic rings. The first-order valence-electron chi connectivity index (χ1n) is 9.98. The molecule has 1 aromatic heterocycles. The molecule has 0 spiro atoms. The topological polar surface area (TPSA) is 106 Å². The highest BCUT2D eigenvalue weighted by molar-refractivity contribution is 6.02. The fourth-order valence-corrected chi connectivity index (χ4v) is 3.62. The molecule has 8 heteroatoms. The molecule has 0 saturated carbocycles. The maximum Gasteiger partial charge on any atom is 0.277 e. The summed E-state index contributed by atoms with van der Waals surface area (Å²) in [6, 6.07) is 17.5. The van der Waals surface area contributed by atoms with Gasteiger partial charge in [-0.3, -0.25) is 9.59 Å². The molecule has 2 amide bonds. The number of rotatable bonds is 6. The van der Waals surface area contributed by atoms with Crippen LogP contribution in [0.1, 0.15) is 28.9 Å². The van der Waals surface area contributed by atoms with Crippen molar-refractivity contribution in [1.82, 2.24) is 15.0 Å². The molecule has 3 aromatic rings. The third kappa shape index (κ3) is 4.65. The van der Waals surface area contributed by atoms with Gasteiger partial charge >= 0.3 is 0 Å². The van der Waals surface area contributed by atoms with Crippen LogP contribution in [0.3, 0.4) is 0 Å². The summed E-state index contributed by atoms with van der Waals surface area (Å²) in [5, 5.41) is 10.9. The van der Waals surface area contributed by atoms with Crippen molar-refractivity contribution >= 4 is 23.2 Å². The first-order chi connectivity index (χ1) is 14.6. The van der Waals surface area contributed by atoms with E-state index in [1.54, 1.807) is 10.9 Å². The van der Waals surface area contributed by atoms with Gasteiger partial charge in [-0.1, -0.05) is 35.5 Å². The Hall–Kier alpha value is -3.68. The minimum atomic E-state index is -0.302. The Morgan fingerprint density at radius 2 is 1.73 bits per heavy atom. The number of benzene rings is 2. The number of nitrogens with two attached hydrogens (primary N) is 1. The molecule has 0 aliphatic carbocycles. The number of primary amides is 1. The fraction of sp³-hybridized carbons (Fsp3) is 0.273. The van der Waals surface area contributed by atoms with Crippen molar-refractivity contribution in [2.45, 2.75) is 19.4 Å². The summed E-state index contributed by atoms with van der Waals surface area (Å²) in [4.78, 5) is 26.0. The third-order valence-electron chi connectivity index (χ3n) is 5.35. The summed E-state index contributed by atoms with van der Waals surface area (Å²) < 4.78 is 1.64. The molecule has 0 radical (unpaired) electrons. The largest absolute Gasteiger partial charge is 0.371 e. The number of nitrogens with zero attached hydrogens (tertiary/aromatic N) is 4. The van der Waals surface area contributed by atoms with Gasteiger partial charge in [0, 0.05) is 30.4 Å². The predicted octanol–water partition coefficient (Wildman–Crippen LogP) is 2.28. The van der Waals surface area contributed by atoms with Crippen LogP contribution < -0.4 is 16.0 Å². The Labute approximate surface area is 174 Å². The summed E-state index contributed by atoms with van der Waals surface area (Å²) in [7, 11) is 0. The number of amides is 2. The molecule has 1 saturated heterocycles. The highest BCUT2D eigenvalue weighted by atomic mass is 16.2. The Kier molecular flexibility index (Phi) is 5.74. The van der Waals surface area contributed by atoms with E-state index in [-0.39, 0.29) is 23.4 Å². The van der Waals surface area contributed by atoms with E-state index in [1.165, 1.54) is 0 Å². The lowest BCUT2D eigenvalue weighted by Crippen LogP contribution is -2.38. The van der Waals surface area contributed by atoms with Crippen molar-refractivity contribution in [3.63, 3.8) is 0 Å². The molecule has 154 valence electrons. The molecule has 8 nitrogen and oxygen atoms in total. The van der Waals surface area contributed by atoms with Gasteiger partial charge in [0.2, 0.25) is 5.91 Å². The van der Waals surface area contributed by atoms with Crippen LogP contribution in [-0.4, -0.2) is 39.9 Å². The van der Waals surface area contributed by atoms with Gasteiger partial charge in [0.15, 0.2) is 5.69 Å². The van der Waals surface area contributed by atoms with E-state index in [0.717, 1.165) is 37.2 Å². The summed E-state index contributed by atoms with van der Waals surface area (Å²) in [5.74, 6) is -0.548. The van der Waals surface area contributed by atoms with Crippen LogP contribution in [0.4, 0.5) is 11.4 Å². The number of nitrogens with one attached hydrogen (secondary N) is 1. The van der Waals surface area contributed by atoms with Crippen molar-refractivity contribution < 1.29 is 9.59 Å². The number of hydrogen-bond donors (Lipinski definition) is 2. The van der Waals surface area contributed by atoms with Crippen molar-refractivity contribution in [3.05, 3.63) is 72.1 Å². The van der Waals surface area contributed by atoms with Gasteiger partial charge in [-0.2, -0.15) is 0 Å². The molecular formula is C22H24N6O2. The van der Waals surface area contributed by atoms with E-state index in [2.05, 4.69) is 20.5 Å². The maximum absolute atomic E-state index is 12.5. The smallest absolute Gasteiger partial charge is 0.277 e. The summed E-state index contributed by atoms with van der Waals surface area (Å²) in [6.07, 6.45) is 3.18. The van der Waals surface area contributed by atoms with Crippen LogP contribution in [0.25, 0.3) is 0 Å². The van der Waals surface area contributed by atoms with Gasteiger partial charge in [0.05, 0.1) is 12.7 Å². The number of hydrogen-bond acceptors (Lipinski definition) is 5. The first-order valence-corrected chi connectivity index (χ1v) is 9.98. The predicted molar refractivity (Wildman–Crippen MR) is 114 cm³/mol. The second-order valence-electron chi connectivity index (χ2n) is 7.45. The summed E-state index contributed by atoms with van der Waals surface area (Å²) >= 11 is 0. The van der Waals surface area contributed by atoms with Crippen LogP contribution in [0.5, 0.6) is 0 Å². The zero-order chi connectivity index (χ0) is 20.9. The zero-order valence-electron chi connectivity index (χ0n) is 16.6. The molecule has 0 bridgehead atoms. The second-order valence-corrected chi connectivity index (χ2v) is 7.45. The molecule has 0 unspecified atom stereocenters. The second kappa shape index (κ2) is 8.77. The number of carbonyl (C=O) groups excluding carboxylic acids is 2. The average molecular weight is 404 g/mol. The molecule has 3 N–H and O–H groups in total. The van der Waals surface area contributed by atoms with Crippen LogP contribution in [0.15, 0.2) is 60.8 Å². The van der Waals surface area contributed by atoms with E-state index in [0.29, 0.717) is 12.2 Å². The standard InChI is InChI=1S/C22H24N6O2/c23-21(29)17-10-12-27(13-11-17)19-8-6-18(7-9-19)24-22(30)20-15-28(26-25-20)14-16-4-2-1-3-5-16/h1-9,15,17H,10-14H2,(H2,23,29)(H,24,30). The molecule has 2 aromatic carbocycles. The van der Waals surface area contributed by atoms with Crippen molar-refractivity contribution in [3.8, 4) is 0 Å². The molecule has 4 rings (SSSR count). The van der Waals surface area contributed by atoms with Gasteiger partial charge in [0.25, 0.3) is 5.91 Å². The van der Waals surface area contributed by atoms with E-state index in [4.69, 9.17) is 5.73 Å². The molecule has 2 heterocycles. The SMILES string of the molecule is NC(=O)C1CCN(c2ccc(NC(=O)c3cn(Cc4ccccc4)nn3)cc2)CC1. The van der Waals surface area contributed by atoms with Crippen molar-refractivity contribution in [2.24, 2.45) is 11.7 Å². The van der Waals surface area contributed by atoms with Crippen LogP contribution in [0.2, 0.25) is 0 Å². The average Bonchev–Trinajstić information content (AvgIpc) is 3.24. The lowest BCUT2D eigenvalue weighted by Gasteiger charge is -2.32. The molecule has 1 aliphatic heterocycles. The number of piperidine rings is 1. The summed E-state index contributed by atoms with van der Waals surface area (Å²) in [5.41, 5.74) is 8.50. The first kappa shape index (κ1) is 19.6. The molecular weight excluding hydrogens is 380 g/mol. The normalized spacial score (nSPS) is 14.5. The minimum absolute atomic E-state index is 0.0323. The Morgan fingerprint density at radius 1 is 1.03 bits per heavy atom. The van der Waals surface area contributed by atoms with Crippen LogP contribution in [-0.2, 0) is 11.3 Å². The lowest BCUT2D eigenvalue weighted by molar-refractivity contribution is -0.122. The number of carbonyl (C=O) groups is 2.